The Kier molecular flexibility index (Phi) is 26.6. The second-order valence-corrected chi connectivity index (χ2v) is 26.9. The number of hydrogen-bond acceptors (Lipinski definition) is 12. The number of nitrogens with zero attached hydrogens (tertiary/aromatic N) is 8. The summed E-state index contributed by atoms with van der Waals surface area (Å²) in [5.41, 5.74) is 18.6. The van der Waals surface area contributed by atoms with E-state index in [0.717, 1.165) is 85.2 Å². The molecule has 15 aromatic rings. The molecule has 0 saturated carbocycles. The quantitative estimate of drug-likeness (QED) is 0.0602. The zero-order valence-corrected chi connectivity index (χ0v) is 61.2. The van der Waals surface area contributed by atoms with Crippen molar-refractivity contribution >= 4 is 0 Å². The lowest BCUT2D eigenvalue weighted by molar-refractivity contribution is 0.441. The molecule has 0 atom stereocenters. The normalized spacial score (nSPS) is 10.8. The molecule has 0 spiro atoms. The topological polar surface area (TPSA) is 140 Å². The monoisotopic (exact) mass is 1420 g/mol. The van der Waals surface area contributed by atoms with Crippen LogP contribution < -0.4 is 18.9 Å². The minimum atomic E-state index is -0.339. The Morgan fingerprint density at radius 1 is 0.287 bits per heavy atom. The van der Waals surface area contributed by atoms with Crippen molar-refractivity contribution in [3.05, 3.63) is 409 Å². The molecule has 12 nitrogen and oxygen atoms in total. The van der Waals surface area contributed by atoms with E-state index < -0.39 is 0 Å². The molecular weight excluding hydrogens is 1340 g/mol. The van der Waals surface area contributed by atoms with E-state index in [4.69, 9.17) is 18.9 Å². The molecule has 0 fully saturated rings. The van der Waals surface area contributed by atoms with E-state index in [1.807, 2.05) is 231 Å². The molecule has 0 aliphatic rings. The first-order chi connectivity index (χ1) is 52.9. The first-order valence-corrected chi connectivity index (χ1v) is 36.3. The van der Waals surface area contributed by atoms with Gasteiger partial charge >= 0.3 is 0 Å². The lowest BCUT2D eigenvalue weighted by atomic mass is 9.87. The Balaban J connectivity index is 0.000000135. The second-order valence-electron chi connectivity index (χ2n) is 26.9. The van der Waals surface area contributed by atoms with Gasteiger partial charge in [0, 0.05) is 91.9 Å². The van der Waals surface area contributed by atoms with Crippen LogP contribution in [-0.4, -0.2) is 39.9 Å². The fourth-order valence-electron chi connectivity index (χ4n) is 11.7. The van der Waals surface area contributed by atoms with Crippen LogP contribution in [0.2, 0.25) is 0 Å². The second kappa shape index (κ2) is 38.6. The number of aromatic nitrogens is 8. The Bertz CT molecular complexity index is 4970. The molecule has 0 saturated heterocycles. The van der Waals surface area contributed by atoms with Crippen LogP contribution in [-0.2, 0) is 56.8 Å². The van der Waals surface area contributed by atoms with Crippen molar-refractivity contribution in [3.8, 4) is 79.9 Å². The van der Waals surface area contributed by atoms with Crippen LogP contribution in [0.25, 0.3) is 33.5 Å². The van der Waals surface area contributed by atoms with Gasteiger partial charge in [0.15, 0.2) is 11.6 Å². The van der Waals surface area contributed by atoms with E-state index in [-0.39, 0.29) is 17.0 Å². The zero-order chi connectivity index (χ0) is 74.4. The van der Waals surface area contributed by atoms with Gasteiger partial charge < -0.3 is 18.9 Å². The van der Waals surface area contributed by atoms with Gasteiger partial charge in [0.05, 0.1) is 11.9 Å². The average molecular weight is 1420 g/mol. The molecule has 15 rings (SSSR count). The molecule has 108 heavy (non-hydrogen) atoms. The molecule has 0 aliphatic heterocycles. The number of benzene rings is 7. The van der Waals surface area contributed by atoms with Crippen molar-refractivity contribution < 1.29 is 23.3 Å². The number of pyridine rings is 8. The van der Waals surface area contributed by atoms with Crippen LogP contribution in [0.3, 0.4) is 0 Å². The summed E-state index contributed by atoms with van der Waals surface area (Å²) in [6.07, 6.45) is 29.3. The maximum Gasteiger partial charge on any atom is 0.219 e. The highest BCUT2D eigenvalue weighted by molar-refractivity contribution is 5.65. The number of halogens is 1. The van der Waals surface area contributed by atoms with E-state index in [0.29, 0.717) is 29.1 Å². The van der Waals surface area contributed by atoms with Gasteiger partial charge in [-0.3, -0.25) is 24.9 Å². The summed E-state index contributed by atoms with van der Waals surface area (Å²) in [4.78, 5) is 34.3. The largest absolute Gasteiger partial charge is 0.454 e. The fraction of sp³-hybridized carbons (Fsp3) is 0.137. The van der Waals surface area contributed by atoms with Gasteiger partial charge in [-0.15, -0.1) is 0 Å². The molecule has 7 aromatic carbocycles. The number of aryl methyl sites for hydroxylation is 9. The van der Waals surface area contributed by atoms with Crippen LogP contribution in [0.1, 0.15) is 76.4 Å². The predicted octanol–water partition coefficient (Wildman–Crippen LogP) is 23.0. The van der Waals surface area contributed by atoms with Crippen molar-refractivity contribution in [1.82, 2.24) is 39.9 Å². The average Bonchev–Trinajstić information content (AvgIpc) is 0.854. The first kappa shape index (κ1) is 74.6. The van der Waals surface area contributed by atoms with Gasteiger partial charge in [-0.25, -0.2) is 19.3 Å². The van der Waals surface area contributed by atoms with E-state index in [1.54, 1.807) is 43.1 Å². The van der Waals surface area contributed by atoms with Crippen LogP contribution in [0.5, 0.6) is 46.4 Å². The van der Waals surface area contributed by atoms with Crippen LogP contribution in [0.15, 0.2) is 347 Å². The predicted molar refractivity (Wildman–Crippen MR) is 429 cm³/mol. The molecule has 0 amide bonds. The van der Waals surface area contributed by atoms with E-state index in [9.17, 15) is 4.39 Å². The van der Waals surface area contributed by atoms with Crippen LogP contribution in [0.4, 0.5) is 4.39 Å². The van der Waals surface area contributed by atoms with Crippen LogP contribution in [0, 0.1) is 12.7 Å². The minimum absolute atomic E-state index is 0.0830. The third kappa shape index (κ3) is 23.4. The molecule has 0 bridgehead atoms. The summed E-state index contributed by atoms with van der Waals surface area (Å²) < 4.78 is 37.7. The van der Waals surface area contributed by atoms with E-state index >= 15 is 0 Å². The van der Waals surface area contributed by atoms with Crippen molar-refractivity contribution in [1.29, 1.82) is 0 Å². The summed E-state index contributed by atoms with van der Waals surface area (Å²) in [5.74, 6) is 4.58. The Hall–Kier alpha value is -13.1. The SMILES string of the molecule is CC(C)(C)c1ccc(Oc2ccc(CCc3cccnc3)cc2F)cc1.Cc1cc(Oc2ccc(-c3ccccc3)cc2)ncc1CCc1cccnc1.c1ccc(-c2ccc(Oc3ccc(CCc4cccnc4)cn3)cc2)cc1.c1ccc(-c2ccc(Oc3ccc(CCc4cccnc4)cn3)cn2)cc1. The maximum absolute atomic E-state index is 14.4. The maximum atomic E-state index is 14.4. The summed E-state index contributed by atoms with van der Waals surface area (Å²) in [6, 6.07) is 89.8. The number of rotatable bonds is 23. The fourth-order valence-corrected chi connectivity index (χ4v) is 11.7. The summed E-state index contributed by atoms with van der Waals surface area (Å²) >= 11 is 0. The molecule has 8 aromatic heterocycles. The van der Waals surface area contributed by atoms with Crippen molar-refractivity contribution in [3.63, 3.8) is 0 Å². The Labute approximate surface area is 632 Å². The molecule has 0 N–H and O–H groups in total. The highest BCUT2D eigenvalue weighted by Crippen LogP contribution is 2.32. The van der Waals surface area contributed by atoms with E-state index in [2.05, 4.69) is 140 Å². The molecule has 536 valence electrons. The van der Waals surface area contributed by atoms with Gasteiger partial charge in [0.1, 0.15) is 23.0 Å². The molecule has 13 heteroatoms. The Morgan fingerprint density at radius 2 is 0.667 bits per heavy atom. The van der Waals surface area contributed by atoms with Crippen molar-refractivity contribution in [2.24, 2.45) is 0 Å². The highest BCUT2D eigenvalue weighted by Gasteiger charge is 2.15. The highest BCUT2D eigenvalue weighted by atomic mass is 19.1. The summed E-state index contributed by atoms with van der Waals surface area (Å²) in [5, 5.41) is 0. The standard InChI is InChI=1S/C25H22N2O.C24H20N2O.C23H24FNO.C23H19N3O/c1-19-16-25(27-18-23(19)10-9-20-6-5-15-26-17-20)28-24-13-11-22(12-14-24)21-7-3-2-4-8-21;1-2-6-21(7-3-1)22-11-13-23(14-12-22)27-24-15-10-20(18-26-24)9-8-19-5-4-16-25-17-19;1-23(2,3)19-9-11-20(12-10-19)26-22-13-8-17(15-21(22)24)6-7-18-5-4-14-25-16-18;1-2-6-20(7-3-1)22-12-11-21(17-25-22)27-23-13-10-19(16-26-23)9-8-18-5-4-14-24-15-18/h2-8,11-18H,9-10H2,1H3;1-7,10-18H,8-9H2;4-5,8-16H,6-7H2,1-3H3;1-7,10-17H,8-9H2. The number of hydrogen-bond donors (Lipinski definition) is 0. The van der Waals surface area contributed by atoms with Crippen molar-refractivity contribution in [2.45, 2.75) is 84.5 Å². The van der Waals surface area contributed by atoms with Gasteiger partial charge in [0.2, 0.25) is 17.6 Å². The lowest BCUT2D eigenvalue weighted by Crippen LogP contribution is -2.10. The third-order valence-electron chi connectivity index (χ3n) is 17.8. The number of ether oxygens (including phenoxy) is 4. The molecular formula is C95H85FN8O4. The first-order valence-electron chi connectivity index (χ1n) is 36.3. The summed E-state index contributed by atoms with van der Waals surface area (Å²) in [6.45, 7) is 8.58. The third-order valence-corrected chi connectivity index (χ3v) is 17.8. The molecule has 0 radical (unpaired) electrons. The van der Waals surface area contributed by atoms with Gasteiger partial charge in [0.25, 0.3) is 0 Å². The van der Waals surface area contributed by atoms with Crippen molar-refractivity contribution in [2.75, 3.05) is 0 Å². The molecule has 0 unspecified atom stereocenters. The smallest absolute Gasteiger partial charge is 0.219 e. The lowest BCUT2D eigenvalue weighted by Gasteiger charge is -2.19. The van der Waals surface area contributed by atoms with Gasteiger partial charge in [-0.1, -0.05) is 191 Å². The van der Waals surface area contributed by atoms with E-state index in [1.165, 1.54) is 66.8 Å². The van der Waals surface area contributed by atoms with Gasteiger partial charge in [-0.05, 0) is 227 Å². The minimum Gasteiger partial charge on any atom is -0.454 e. The van der Waals surface area contributed by atoms with Crippen LogP contribution >= 0.6 is 0 Å². The molecule has 0 aliphatic carbocycles. The van der Waals surface area contributed by atoms with Gasteiger partial charge in [-0.2, -0.15) is 0 Å². The molecule has 8 heterocycles. The Morgan fingerprint density at radius 3 is 1.07 bits per heavy atom. The zero-order valence-electron chi connectivity index (χ0n) is 61.2. The summed E-state index contributed by atoms with van der Waals surface area (Å²) in [7, 11) is 0.